The monoisotopic (exact) mass is 780 g/mol. The maximum atomic E-state index is 14.0. The fraction of sp³-hybridized carbons (Fsp3) is 0.750. The van der Waals surface area contributed by atoms with Gasteiger partial charge in [-0.05, 0) is 57.3 Å². The summed E-state index contributed by atoms with van der Waals surface area (Å²) in [7, 11) is 0. The minimum absolute atomic E-state index is 0.0230. The van der Waals surface area contributed by atoms with Crippen LogP contribution in [0.2, 0.25) is 0 Å². The number of hydrogen-bond donors (Lipinski definition) is 9. The van der Waals surface area contributed by atoms with Gasteiger partial charge in [0.1, 0.15) is 36.3 Å². The van der Waals surface area contributed by atoms with E-state index in [1.807, 2.05) is 20.8 Å². The molecule has 1 aliphatic heterocycles. The Bertz CT molecular complexity index is 1370. The van der Waals surface area contributed by atoms with E-state index in [9.17, 15) is 43.5 Å². The summed E-state index contributed by atoms with van der Waals surface area (Å²) in [4.78, 5) is 110. The molecule has 11 N–H and O–H groups in total. The fourth-order valence-corrected chi connectivity index (χ4v) is 6.21. The van der Waals surface area contributed by atoms with Crippen LogP contribution in [0.25, 0.3) is 0 Å². The van der Waals surface area contributed by atoms with Crippen molar-refractivity contribution in [2.45, 2.75) is 143 Å². The highest BCUT2D eigenvalue weighted by molar-refractivity contribution is 5.98. The molecule has 0 unspecified atom stereocenters. The largest absolute Gasteiger partial charge is 0.481 e. The van der Waals surface area contributed by atoms with Crippen LogP contribution in [0.5, 0.6) is 0 Å². The fourth-order valence-electron chi connectivity index (χ4n) is 6.21. The number of likely N-dealkylation sites (tertiary alicyclic amines) is 1. The molecule has 19 nitrogen and oxygen atoms in total. The average molecular weight is 781 g/mol. The van der Waals surface area contributed by atoms with Gasteiger partial charge in [0.25, 0.3) is 0 Å². The van der Waals surface area contributed by atoms with E-state index in [2.05, 4.69) is 36.9 Å². The molecule has 0 saturated carbocycles. The maximum Gasteiger partial charge on any atom is 0.305 e. The lowest BCUT2D eigenvalue weighted by Gasteiger charge is -2.31. The second kappa shape index (κ2) is 24.4. The summed E-state index contributed by atoms with van der Waals surface area (Å²) in [5, 5.41) is 25.2. The lowest BCUT2D eigenvalue weighted by molar-refractivity contribution is -0.142. The standard InChI is InChI=1S/C36H64N10O9/c1-8-13-23(42-32(52)26(19-28(48)49)44-31(51)25(18-20(4)5)41-22(7)47)30(50)45-29(21(6)9-2)34(54)43-24(14-11-16-40-36(37)38)35(55)46-17-12-15-27(46)33(53)39-10-3/h20-21,23-27,29H,8-19H2,1-7H3,(H,39,53)(H,41,47)(H,42,52)(H,43,54)(H,44,51)(H,45,50)(H,48,49)(H4,37,38,40)/t21-,23-,24-,25+,26-,27-,29-/m0/s1. The first-order valence-corrected chi connectivity index (χ1v) is 19.2. The number of carboxylic acid groups (broad SMARTS) is 1. The molecule has 0 aromatic heterocycles. The van der Waals surface area contributed by atoms with Crippen molar-refractivity contribution in [3.8, 4) is 0 Å². The maximum absolute atomic E-state index is 14.0. The first-order chi connectivity index (χ1) is 25.9. The molecule has 312 valence electrons. The quantitative estimate of drug-likeness (QED) is 0.0324. The molecule has 1 heterocycles. The van der Waals surface area contributed by atoms with Crippen LogP contribution in [-0.4, -0.2) is 119 Å². The van der Waals surface area contributed by atoms with Crippen LogP contribution in [0.1, 0.15) is 106 Å². The normalized spacial score (nSPS) is 17.0. The highest BCUT2D eigenvalue weighted by Gasteiger charge is 2.39. The number of nitrogens with one attached hydrogen (secondary N) is 6. The molecule has 0 radical (unpaired) electrons. The first-order valence-electron chi connectivity index (χ1n) is 19.2. The van der Waals surface area contributed by atoms with Crippen molar-refractivity contribution >= 4 is 53.3 Å². The number of likely N-dealkylation sites (N-methyl/N-ethyl adjacent to an activating group) is 1. The van der Waals surface area contributed by atoms with Crippen LogP contribution in [0.3, 0.4) is 0 Å². The molecular formula is C36H64N10O9. The number of amides is 7. The van der Waals surface area contributed by atoms with Crippen LogP contribution in [0, 0.1) is 11.8 Å². The Hall–Kier alpha value is -4.97. The number of carbonyl (C=O) groups is 8. The number of rotatable bonds is 24. The van der Waals surface area contributed by atoms with E-state index >= 15 is 0 Å². The summed E-state index contributed by atoms with van der Waals surface area (Å²) in [6, 6.07) is -6.79. The van der Waals surface area contributed by atoms with Gasteiger partial charge in [-0.2, -0.15) is 0 Å². The van der Waals surface area contributed by atoms with Crippen molar-refractivity contribution < 1.29 is 43.5 Å². The Morgan fingerprint density at radius 3 is 1.95 bits per heavy atom. The highest BCUT2D eigenvalue weighted by Crippen LogP contribution is 2.20. The van der Waals surface area contributed by atoms with Crippen LogP contribution in [-0.2, 0) is 38.4 Å². The third-order valence-corrected chi connectivity index (χ3v) is 9.17. The lowest BCUT2D eigenvalue weighted by Crippen LogP contribution is -2.61. The van der Waals surface area contributed by atoms with Gasteiger partial charge in [0, 0.05) is 26.6 Å². The molecule has 1 aliphatic rings. The number of guanidine groups is 1. The van der Waals surface area contributed by atoms with Crippen LogP contribution in [0.15, 0.2) is 4.99 Å². The van der Waals surface area contributed by atoms with Crippen molar-refractivity contribution in [3.63, 3.8) is 0 Å². The predicted octanol–water partition coefficient (Wildman–Crippen LogP) is -1.02. The third kappa shape index (κ3) is 16.9. The highest BCUT2D eigenvalue weighted by atomic mass is 16.4. The molecule has 0 bridgehead atoms. The molecule has 19 heteroatoms. The summed E-state index contributed by atoms with van der Waals surface area (Å²) in [6.45, 7) is 12.9. The Labute approximate surface area is 323 Å². The number of nitrogens with two attached hydrogens (primary N) is 2. The van der Waals surface area contributed by atoms with Crippen molar-refractivity contribution in [2.24, 2.45) is 28.3 Å². The first kappa shape index (κ1) is 48.0. The molecule has 1 rings (SSSR count). The van der Waals surface area contributed by atoms with Gasteiger partial charge >= 0.3 is 5.97 Å². The van der Waals surface area contributed by atoms with Gasteiger partial charge in [-0.25, -0.2) is 0 Å². The van der Waals surface area contributed by atoms with Gasteiger partial charge in [-0.3, -0.25) is 43.3 Å². The van der Waals surface area contributed by atoms with E-state index in [1.54, 1.807) is 20.8 Å². The molecular weight excluding hydrogens is 716 g/mol. The topological polar surface area (TPSA) is 297 Å². The summed E-state index contributed by atoms with van der Waals surface area (Å²) in [6.07, 6.45) is 1.88. The van der Waals surface area contributed by atoms with Gasteiger partial charge in [0.15, 0.2) is 5.96 Å². The molecule has 7 amide bonds. The molecule has 7 atom stereocenters. The Balaban J connectivity index is 3.31. The van der Waals surface area contributed by atoms with Gasteiger partial charge in [-0.15, -0.1) is 0 Å². The van der Waals surface area contributed by atoms with Gasteiger partial charge in [0.05, 0.1) is 6.42 Å². The minimum atomic E-state index is -1.59. The molecule has 55 heavy (non-hydrogen) atoms. The molecule has 0 spiro atoms. The number of carbonyl (C=O) groups excluding carboxylic acids is 7. The Morgan fingerprint density at radius 1 is 0.800 bits per heavy atom. The molecule has 1 saturated heterocycles. The Morgan fingerprint density at radius 2 is 1.40 bits per heavy atom. The summed E-state index contributed by atoms with van der Waals surface area (Å²) < 4.78 is 0. The minimum Gasteiger partial charge on any atom is -0.481 e. The van der Waals surface area contributed by atoms with E-state index in [0.717, 1.165) is 0 Å². The third-order valence-electron chi connectivity index (χ3n) is 9.17. The van der Waals surface area contributed by atoms with E-state index in [-0.39, 0.29) is 43.6 Å². The van der Waals surface area contributed by atoms with Gasteiger partial charge in [0.2, 0.25) is 41.4 Å². The molecule has 0 aromatic rings. The average Bonchev–Trinajstić information content (AvgIpc) is 3.60. The van der Waals surface area contributed by atoms with Crippen molar-refractivity contribution in [2.75, 3.05) is 19.6 Å². The lowest BCUT2D eigenvalue weighted by atomic mass is 9.96. The second-order valence-corrected chi connectivity index (χ2v) is 14.4. The molecule has 0 aromatic carbocycles. The van der Waals surface area contributed by atoms with Crippen LogP contribution in [0.4, 0.5) is 0 Å². The van der Waals surface area contributed by atoms with Crippen molar-refractivity contribution in [1.82, 2.24) is 36.8 Å². The van der Waals surface area contributed by atoms with E-state index in [0.29, 0.717) is 45.2 Å². The smallest absolute Gasteiger partial charge is 0.305 e. The zero-order valence-corrected chi connectivity index (χ0v) is 33.4. The van der Waals surface area contributed by atoms with Crippen LogP contribution < -0.4 is 43.4 Å². The van der Waals surface area contributed by atoms with E-state index in [1.165, 1.54) is 11.8 Å². The number of hydrogen-bond acceptors (Lipinski definition) is 9. The Kier molecular flexibility index (Phi) is 21.4. The van der Waals surface area contributed by atoms with Gasteiger partial charge < -0.3 is 53.4 Å². The summed E-state index contributed by atoms with van der Waals surface area (Å²) in [5.74, 6) is -6.33. The number of aliphatic carboxylic acids is 1. The van der Waals surface area contributed by atoms with E-state index in [4.69, 9.17) is 11.5 Å². The number of carboxylic acids is 1. The van der Waals surface area contributed by atoms with E-state index < -0.39 is 90.0 Å². The summed E-state index contributed by atoms with van der Waals surface area (Å²) in [5.41, 5.74) is 10.9. The second-order valence-electron chi connectivity index (χ2n) is 14.4. The SMILES string of the molecule is CCC[C@H](NC(=O)[C@H](CC(=O)O)NC(=O)[C@@H](CC(C)C)NC(C)=O)C(=O)N[C@H](C(=O)N[C@@H](CCCN=C(N)N)C(=O)N1CCC[C@H]1C(=O)NCC)[C@@H](C)CC. The molecule has 0 aliphatic carbocycles. The number of nitrogens with zero attached hydrogens (tertiary/aromatic N) is 2. The molecule has 1 fully saturated rings. The zero-order chi connectivity index (χ0) is 41.8. The number of aliphatic imine (C=N–C) groups is 1. The summed E-state index contributed by atoms with van der Waals surface area (Å²) >= 11 is 0. The van der Waals surface area contributed by atoms with Crippen molar-refractivity contribution in [1.29, 1.82) is 0 Å². The predicted molar refractivity (Wildman–Crippen MR) is 205 cm³/mol. The van der Waals surface area contributed by atoms with Crippen molar-refractivity contribution in [3.05, 3.63) is 0 Å². The zero-order valence-electron chi connectivity index (χ0n) is 33.4. The van der Waals surface area contributed by atoms with Crippen LogP contribution >= 0.6 is 0 Å². The van der Waals surface area contributed by atoms with Gasteiger partial charge in [-0.1, -0.05) is 47.5 Å².